The van der Waals surface area contributed by atoms with Gasteiger partial charge >= 0.3 is 0 Å². The Morgan fingerprint density at radius 1 is 1.29 bits per heavy atom. The second kappa shape index (κ2) is 5.17. The van der Waals surface area contributed by atoms with E-state index in [0.717, 1.165) is 9.87 Å². The Morgan fingerprint density at radius 2 is 1.95 bits per heavy atom. The van der Waals surface area contributed by atoms with E-state index >= 15 is 0 Å². The summed E-state index contributed by atoms with van der Waals surface area (Å²) in [6.45, 7) is 4.58. The molecular weight excluding hydrogens is 290 g/mol. The van der Waals surface area contributed by atoms with Gasteiger partial charge in [0.15, 0.2) is 4.75 Å². The van der Waals surface area contributed by atoms with Crippen molar-refractivity contribution < 1.29 is 18.3 Å². The molecule has 1 aliphatic rings. The number of aryl methyl sites for hydroxylation is 1. The number of nitrogens with zero attached hydrogens (tertiary/aromatic N) is 1. The molecule has 1 heterocycles. The molecule has 0 bridgehead atoms. The highest BCUT2D eigenvalue weighted by Crippen LogP contribution is 2.39. The van der Waals surface area contributed by atoms with Gasteiger partial charge in [-0.1, -0.05) is 11.8 Å². The molecule has 1 aromatic rings. The second-order valence-electron chi connectivity index (χ2n) is 5.42. The first-order valence-corrected chi connectivity index (χ1v) is 7.96. The van der Waals surface area contributed by atoms with Gasteiger partial charge in [-0.05, 0) is 44.5 Å². The zero-order chi connectivity index (χ0) is 15.8. The van der Waals surface area contributed by atoms with Crippen LogP contribution < -0.4 is 4.31 Å². The molecule has 0 atom stereocenters. The lowest BCUT2D eigenvalue weighted by molar-refractivity contribution is -0.120. The van der Waals surface area contributed by atoms with Gasteiger partial charge in [0.2, 0.25) is 0 Å². The Bertz CT molecular complexity index is 754. The predicted molar refractivity (Wildman–Crippen MR) is 80.2 cm³/mol. The van der Waals surface area contributed by atoms with E-state index in [2.05, 4.69) is 11.8 Å². The van der Waals surface area contributed by atoms with E-state index in [1.54, 1.807) is 18.2 Å². The van der Waals surface area contributed by atoms with Crippen molar-refractivity contribution in [2.24, 2.45) is 0 Å². The molecule has 112 valence electrons. The minimum atomic E-state index is -3.67. The van der Waals surface area contributed by atoms with Crippen molar-refractivity contribution in [3.8, 4) is 11.8 Å². The SMILES string of the molecule is Cc1cc(C#CCCO)cc(N2C(=O)C(C)(C)S2(=O)=O)c1. The van der Waals surface area contributed by atoms with Gasteiger partial charge in [-0.3, -0.25) is 4.79 Å². The number of rotatable bonds is 2. The monoisotopic (exact) mass is 307 g/mol. The van der Waals surface area contributed by atoms with Gasteiger partial charge in [-0.2, -0.15) is 0 Å². The zero-order valence-corrected chi connectivity index (χ0v) is 13.0. The molecule has 0 radical (unpaired) electrons. The van der Waals surface area contributed by atoms with Gasteiger partial charge in [0.05, 0.1) is 12.3 Å². The smallest absolute Gasteiger partial charge is 0.263 e. The molecular formula is C15H17NO4S. The number of aliphatic hydroxyl groups is 1. The van der Waals surface area contributed by atoms with Crippen molar-refractivity contribution >= 4 is 21.6 Å². The summed E-state index contributed by atoms with van der Waals surface area (Å²) in [7, 11) is -3.67. The van der Waals surface area contributed by atoms with E-state index in [-0.39, 0.29) is 6.61 Å². The zero-order valence-electron chi connectivity index (χ0n) is 12.2. The maximum atomic E-state index is 12.2. The lowest BCUT2D eigenvalue weighted by Crippen LogP contribution is -2.67. The Labute approximate surface area is 124 Å². The lowest BCUT2D eigenvalue weighted by atomic mass is 10.1. The van der Waals surface area contributed by atoms with Crippen LogP contribution in [0.15, 0.2) is 18.2 Å². The third-order valence-corrected chi connectivity index (χ3v) is 5.67. The van der Waals surface area contributed by atoms with Crippen molar-refractivity contribution in [1.29, 1.82) is 0 Å². The van der Waals surface area contributed by atoms with Crippen LogP contribution in [-0.2, 0) is 14.8 Å². The number of benzene rings is 1. The van der Waals surface area contributed by atoms with Crippen LogP contribution in [0.5, 0.6) is 0 Å². The van der Waals surface area contributed by atoms with Crippen molar-refractivity contribution in [2.45, 2.75) is 31.9 Å². The average Bonchev–Trinajstić information content (AvgIpc) is 2.38. The summed E-state index contributed by atoms with van der Waals surface area (Å²) >= 11 is 0. The van der Waals surface area contributed by atoms with Crippen molar-refractivity contribution in [3.63, 3.8) is 0 Å². The van der Waals surface area contributed by atoms with Crippen LogP contribution in [0, 0.1) is 18.8 Å². The summed E-state index contributed by atoms with van der Waals surface area (Å²) in [6, 6.07) is 5.01. The van der Waals surface area contributed by atoms with E-state index in [0.29, 0.717) is 17.7 Å². The first-order valence-electron chi connectivity index (χ1n) is 6.52. The van der Waals surface area contributed by atoms with Crippen LogP contribution in [0.2, 0.25) is 0 Å². The van der Waals surface area contributed by atoms with E-state index in [1.807, 2.05) is 6.92 Å². The fourth-order valence-electron chi connectivity index (χ4n) is 2.08. The summed E-state index contributed by atoms with van der Waals surface area (Å²) in [5.41, 5.74) is 1.74. The van der Waals surface area contributed by atoms with Crippen LogP contribution in [-0.4, -0.2) is 30.8 Å². The Hall–Kier alpha value is -1.84. The summed E-state index contributed by atoms with van der Waals surface area (Å²) < 4.78 is 23.9. The fourth-order valence-corrected chi connectivity index (χ4v) is 3.55. The normalized spacial score (nSPS) is 18.7. The first kappa shape index (κ1) is 15.5. The number of carbonyl (C=O) groups is 1. The van der Waals surface area contributed by atoms with Crippen LogP contribution in [0.25, 0.3) is 0 Å². The van der Waals surface area contributed by atoms with Crippen LogP contribution in [0.3, 0.4) is 0 Å². The minimum Gasteiger partial charge on any atom is -0.395 e. The van der Waals surface area contributed by atoms with E-state index in [9.17, 15) is 13.2 Å². The van der Waals surface area contributed by atoms with E-state index in [4.69, 9.17) is 5.11 Å². The summed E-state index contributed by atoms with van der Waals surface area (Å²) in [5.74, 6) is 5.18. The molecule has 0 saturated carbocycles. The molecule has 6 heteroatoms. The van der Waals surface area contributed by atoms with E-state index < -0.39 is 20.7 Å². The first-order chi connectivity index (χ1) is 9.71. The molecule has 0 spiro atoms. The number of anilines is 1. The molecule has 0 unspecified atom stereocenters. The van der Waals surface area contributed by atoms with E-state index in [1.165, 1.54) is 13.8 Å². The van der Waals surface area contributed by atoms with Crippen molar-refractivity contribution in [3.05, 3.63) is 29.3 Å². The topological polar surface area (TPSA) is 74.7 Å². The summed E-state index contributed by atoms with van der Waals surface area (Å²) in [4.78, 5) is 12.1. The number of amides is 1. The van der Waals surface area contributed by atoms with Gasteiger partial charge in [0.1, 0.15) is 0 Å². The Kier molecular flexibility index (Phi) is 3.83. The van der Waals surface area contributed by atoms with Crippen molar-refractivity contribution in [1.82, 2.24) is 0 Å². The number of sulfonamides is 1. The maximum absolute atomic E-state index is 12.2. The molecule has 1 saturated heterocycles. The summed E-state index contributed by atoms with van der Waals surface area (Å²) in [5, 5.41) is 8.72. The molecule has 5 nitrogen and oxygen atoms in total. The van der Waals surface area contributed by atoms with Gasteiger partial charge in [-0.15, -0.1) is 0 Å². The molecule has 21 heavy (non-hydrogen) atoms. The molecule has 1 aliphatic heterocycles. The summed E-state index contributed by atoms with van der Waals surface area (Å²) in [6.07, 6.45) is 0.344. The lowest BCUT2D eigenvalue weighted by Gasteiger charge is -2.43. The average molecular weight is 307 g/mol. The number of aliphatic hydroxyl groups excluding tert-OH is 1. The molecule has 1 N–H and O–H groups in total. The highest BCUT2D eigenvalue weighted by Gasteiger charge is 2.60. The molecule has 0 aliphatic carbocycles. The highest BCUT2D eigenvalue weighted by molar-refractivity contribution is 7.98. The second-order valence-corrected chi connectivity index (χ2v) is 7.75. The fraction of sp³-hybridized carbons (Fsp3) is 0.400. The molecule has 1 aromatic carbocycles. The van der Waals surface area contributed by atoms with Gasteiger partial charge in [0.25, 0.3) is 15.9 Å². The van der Waals surface area contributed by atoms with Crippen molar-refractivity contribution in [2.75, 3.05) is 10.9 Å². The number of hydrogen-bond donors (Lipinski definition) is 1. The standard InChI is InChI=1S/C15H17NO4S/c1-11-8-12(6-4-5-7-17)10-13(9-11)16-14(18)15(2,3)21(16,19)20/h8-10,17H,5,7H2,1-3H3. The van der Waals surface area contributed by atoms with Crippen LogP contribution in [0.4, 0.5) is 5.69 Å². The molecule has 1 fully saturated rings. The van der Waals surface area contributed by atoms with Gasteiger partial charge in [0, 0.05) is 12.0 Å². The number of carbonyl (C=O) groups excluding carboxylic acids is 1. The molecule has 2 rings (SSSR count). The minimum absolute atomic E-state index is 0.0289. The quantitative estimate of drug-likeness (QED) is 0.833. The number of hydrogen-bond acceptors (Lipinski definition) is 4. The highest BCUT2D eigenvalue weighted by atomic mass is 32.2. The van der Waals surface area contributed by atoms with Gasteiger partial charge in [-0.25, -0.2) is 12.7 Å². The molecule has 1 amide bonds. The Balaban J connectivity index is 2.43. The Morgan fingerprint density at radius 3 is 2.52 bits per heavy atom. The molecule has 0 aromatic heterocycles. The van der Waals surface area contributed by atoms with Crippen LogP contribution >= 0.6 is 0 Å². The third-order valence-electron chi connectivity index (χ3n) is 3.35. The van der Waals surface area contributed by atoms with Gasteiger partial charge < -0.3 is 5.11 Å². The maximum Gasteiger partial charge on any atom is 0.263 e. The largest absolute Gasteiger partial charge is 0.395 e. The third kappa shape index (κ3) is 2.43. The predicted octanol–water partition coefficient (Wildman–Crippen LogP) is 1.18. The van der Waals surface area contributed by atoms with Crippen LogP contribution in [0.1, 0.15) is 31.4 Å².